The summed E-state index contributed by atoms with van der Waals surface area (Å²) in [7, 11) is 4.38. The molecule has 1 fully saturated rings. The molecule has 1 aliphatic carbocycles. The van der Waals surface area contributed by atoms with Crippen LogP contribution in [0, 0.1) is 0 Å². The molecule has 1 saturated carbocycles. The number of para-hydroxylation sites is 1. The Morgan fingerprint density at radius 1 is 1.11 bits per heavy atom. The van der Waals surface area contributed by atoms with E-state index in [0.29, 0.717) is 29.9 Å². The van der Waals surface area contributed by atoms with Crippen molar-refractivity contribution in [1.29, 1.82) is 0 Å². The maximum Gasteiger partial charge on any atom is 0.410 e. The lowest BCUT2D eigenvalue weighted by molar-refractivity contribution is 0.0470. The monoisotopic (exact) mass is 373 g/mol. The summed E-state index contributed by atoms with van der Waals surface area (Å²) in [4.78, 5) is 26.1. The molecule has 1 aromatic heterocycles. The molecule has 1 amide bonds. The molecule has 2 aromatic rings. The molecule has 0 radical (unpaired) electrons. The topological polar surface area (TPSA) is 99.4 Å². The van der Waals surface area contributed by atoms with Crippen molar-refractivity contribution in [3.05, 3.63) is 35.7 Å². The Morgan fingerprint density at radius 3 is 2.48 bits per heavy atom. The van der Waals surface area contributed by atoms with Gasteiger partial charge in [0.15, 0.2) is 5.82 Å². The van der Waals surface area contributed by atoms with Crippen LogP contribution >= 0.6 is 0 Å². The van der Waals surface area contributed by atoms with Crippen molar-refractivity contribution in [3.8, 4) is 5.69 Å². The van der Waals surface area contributed by atoms with Crippen LogP contribution in [-0.2, 0) is 15.0 Å². The third-order valence-corrected chi connectivity index (χ3v) is 5.19. The first-order valence-corrected chi connectivity index (χ1v) is 8.83. The van der Waals surface area contributed by atoms with Crippen LogP contribution in [0.15, 0.2) is 24.3 Å². The number of hydrogen-bond donors (Lipinski definition) is 0. The van der Waals surface area contributed by atoms with E-state index in [0.717, 1.165) is 19.3 Å². The molecule has 0 unspecified atom stereocenters. The molecular weight excluding hydrogens is 350 g/mol. The number of ether oxygens (including phenoxy) is 2. The van der Waals surface area contributed by atoms with Gasteiger partial charge in [-0.3, -0.25) is 4.90 Å². The van der Waals surface area contributed by atoms with Gasteiger partial charge in [-0.1, -0.05) is 31.4 Å². The lowest BCUT2D eigenvalue weighted by Crippen LogP contribution is -2.50. The maximum absolute atomic E-state index is 12.3. The van der Waals surface area contributed by atoms with Crippen LogP contribution in [0.4, 0.5) is 4.79 Å². The quantitative estimate of drug-likeness (QED) is 0.758. The summed E-state index contributed by atoms with van der Waals surface area (Å²) < 4.78 is 11.4. The Labute approximate surface area is 157 Å². The molecule has 0 bridgehead atoms. The van der Waals surface area contributed by atoms with Crippen molar-refractivity contribution in [1.82, 2.24) is 25.1 Å². The van der Waals surface area contributed by atoms with E-state index in [2.05, 4.69) is 15.5 Å². The fraction of sp³-hybridized carbons (Fsp3) is 0.500. The van der Waals surface area contributed by atoms with Crippen molar-refractivity contribution >= 4 is 12.1 Å². The van der Waals surface area contributed by atoms with Gasteiger partial charge < -0.3 is 9.47 Å². The van der Waals surface area contributed by atoms with E-state index < -0.39 is 17.6 Å². The van der Waals surface area contributed by atoms with Crippen LogP contribution in [-0.4, -0.2) is 58.4 Å². The van der Waals surface area contributed by atoms with Crippen molar-refractivity contribution in [2.24, 2.45) is 0 Å². The summed E-state index contributed by atoms with van der Waals surface area (Å²) in [5, 5.41) is 12.2. The van der Waals surface area contributed by atoms with Gasteiger partial charge in [0.25, 0.3) is 0 Å². The van der Waals surface area contributed by atoms with Crippen molar-refractivity contribution < 1.29 is 19.1 Å². The Morgan fingerprint density at radius 2 is 1.81 bits per heavy atom. The zero-order valence-electron chi connectivity index (χ0n) is 15.7. The lowest BCUT2D eigenvalue weighted by Gasteiger charge is -2.42. The average molecular weight is 373 g/mol. The lowest BCUT2D eigenvalue weighted by atomic mass is 9.79. The molecule has 0 aliphatic heterocycles. The first-order chi connectivity index (χ1) is 13.0. The Hall–Kier alpha value is -2.97. The summed E-state index contributed by atoms with van der Waals surface area (Å²) in [5.41, 5.74) is 0.144. The number of nitrogens with zero attached hydrogens (tertiary/aromatic N) is 5. The average Bonchev–Trinajstić information content (AvgIpc) is 3.22. The number of rotatable bonds is 4. The molecular formula is C18H23N5O4. The highest BCUT2D eigenvalue weighted by Crippen LogP contribution is 2.41. The number of carbonyl (C=O) groups is 2. The predicted octanol–water partition coefficient (Wildman–Crippen LogP) is 2.31. The highest BCUT2D eigenvalue weighted by molar-refractivity contribution is 5.93. The second-order valence-corrected chi connectivity index (χ2v) is 6.54. The van der Waals surface area contributed by atoms with Crippen molar-refractivity contribution in [2.45, 2.75) is 37.6 Å². The first-order valence-electron chi connectivity index (χ1n) is 8.83. The number of amides is 1. The molecule has 0 saturated heterocycles. The van der Waals surface area contributed by atoms with E-state index >= 15 is 0 Å². The molecule has 144 valence electrons. The van der Waals surface area contributed by atoms with Gasteiger partial charge in [0.2, 0.25) is 0 Å². The molecule has 1 aliphatic rings. The second-order valence-electron chi connectivity index (χ2n) is 6.54. The molecule has 0 atom stereocenters. The van der Waals surface area contributed by atoms with E-state index in [9.17, 15) is 9.59 Å². The minimum absolute atomic E-state index is 0.347. The van der Waals surface area contributed by atoms with Crippen molar-refractivity contribution in [2.75, 3.05) is 21.3 Å². The summed E-state index contributed by atoms with van der Waals surface area (Å²) in [6.07, 6.45) is 3.92. The van der Waals surface area contributed by atoms with E-state index in [1.165, 1.54) is 18.9 Å². The number of carbonyl (C=O) groups excluding carboxylic acids is 2. The molecule has 1 aromatic carbocycles. The summed E-state index contributed by atoms with van der Waals surface area (Å²) in [6.45, 7) is 0. The molecule has 1 heterocycles. The molecule has 3 rings (SSSR count). The smallest absolute Gasteiger partial charge is 0.410 e. The molecule has 9 nitrogen and oxygen atoms in total. The fourth-order valence-corrected chi connectivity index (χ4v) is 3.74. The zero-order valence-corrected chi connectivity index (χ0v) is 15.7. The molecule has 9 heteroatoms. The Kier molecular flexibility index (Phi) is 5.38. The van der Waals surface area contributed by atoms with Crippen LogP contribution in [0.1, 0.15) is 48.3 Å². The zero-order chi connectivity index (χ0) is 19.4. The highest BCUT2D eigenvalue weighted by Gasteiger charge is 2.45. The highest BCUT2D eigenvalue weighted by atomic mass is 16.5. The third-order valence-electron chi connectivity index (χ3n) is 5.19. The van der Waals surface area contributed by atoms with Gasteiger partial charge in [-0.15, -0.1) is 5.10 Å². The summed E-state index contributed by atoms with van der Waals surface area (Å²) >= 11 is 0. The minimum atomic E-state index is -0.710. The number of aromatic nitrogens is 4. The van der Waals surface area contributed by atoms with E-state index in [1.807, 2.05) is 0 Å². The first kappa shape index (κ1) is 18.8. The van der Waals surface area contributed by atoms with Gasteiger partial charge in [-0.2, -0.15) is 4.68 Å². The number of benzene rings is 1. The Balaban J connectivity index is 2.15. The molecule has 27 heavy (non-hydrogen) atoms. The summed E-state index contributed by atoms with van der Waals surface area (Å²) in [5.74, 6) is 0.0255. The van der Waals surface area contributed by atoms with Gasteiger partial charge >= 0.3 is 12.1 Å². The van der Waals surface area contributed by atoms with Crippen LogP contribution in [0.3, 0.4) is 0 Å². The SMILES string of the molecule is COC(=O)c1ccccc1-n1nnnc1C1(N(C)C(=O)OC)CCCCC1. The molecule has 0 spiro atoms. The Bertz CT molecular complexity index is 829. The van der Waals surface area contributed by atoms with Gasteiger partial charge in [0.1, 0.15) is 5.54 Å². The largest absolute Gasteiger partial charge is 0.465 e. The number of esters is 1. The van der Waals surface area contributed by atoms with Gasteiger partial charge in [-0.25, -0.2) is 9.59 Å². The number of tetrazole rings is 1. The van der Waals surface area contributed by atoms with Gasteiger partial charge in [-0.05, 0) is 35.4 Å². The van der Waals surface area contributed by atoms with Gasteiger partial charge in [0, 0.05) is 7.05 Å². The predicted molar refractivity (Wildman–Crippen MR) is 95.4 cm³/mol. The van der Waals surface area contributed by atoms with E-state index in [-0.39, 0.29) is 0 Å². The van der Waals surface area contributed by atoms with Crippen LogP contribution in [0.2, 0.25) is 0 Å². The van der Waals surface area contributed by atoms with E-state index in [1.54, 1.807) is 36.2 Å². The maximum atomic E-state index is 12.3. The second kappa shape index (κ2) is 7.73. The normalized spacial score (nSPS) is 15.8. The molecule has 0 N–H and O–H groups in total. The third kappa shape index (κ3) is 3.24. The van der Waals surface area contributed by atoms with Crippen LogP contribution < -0.4 is 0 Å². The number of methoxy groups -OCH3 is 2. The standard InChI is InChI=1S/C18H23N5O4/c1-22(17(25)27-3)18(11-7-4-8-12-18)16-19-20-21-23(16)14-10-6-5-9-13(14)15(24)26-2/h5-6,9-10H,4,7-8,11-12H2,1-3H3. The van der Waals surface area contributed by atoms with Crippen molar-refractivity contribution in [3.63, 3.8) is 0 Å². The number of hydrogen-bond acceptors (Lipinski definition) is 7. The minimum Gasteiger partial charge on any atom is -0.465 e. The fourth-order valence-electron chi connectivity index (χ4n) is 3.74. The van der Waals surface area contributed by atoms with Crippen LogP contribution in [0.25, 0.3) is 5.69 Å². The van der Waals surface area contributed by atoms with E-state index in [4.69, 9.17) is 9.47 Å². The summed E-state index contributed by atoms with van der Waals surface area (Å²) in [6, 6.07) is 6.95. The van der Waals surface area contributed by atoms with Gasteiger partial charge in [0.05, 0.1) is 25.5 Å². The van der Waals surface area contributed by atoms with Crippen LogP contribution in [0.5, 0.6) is 0 Å².